The summed E-state index contributed by atoms with van der Waals surface area (Å²) < 4.78 is 5.77. The molecule has 1 heterocycles. The highest BCUT2D eigenvalue weighted by atomic mass is 16.5. The van der Waals surface area contributed by atoms with Gasteiger partial charge < -0.3 is 15.2 Å². The monoisotopic (exact) mass is 397 g/mol. The Hall–Kier alpha value is -2.41. The van der Waals surface area contributed by atoms with Crippen LogP contribution in [0.5, 0.6) is 5.75 Å². The number of β-amino-alcohol motifs (C(OH)–C–C–N with tert-alkyl or cyclic N) is 1. The van der Waals surface area contributed by atoms with Gasteiger partial charge in [0.2, 0.25) is 5.91 Å². The van der Waals surface area contributed by atoms with Crippen LogP contribution < -0.4 is 10.1 Å². The summed E-state index contributed by atoms with van der Waals surface area (Å²) in [5.74, 6) is 0.429. The fraction of sp³-hybridized carbons (Fsp3) is 0.435. The van der Waals surface area contributed by atoms with Gasteiger partial charge in [-0.2, -0.15) is 0 Å². The fourth-order valence-corrected chi connectivity index (χ4v) is 3.63. The number of carbonyl (C=O) groups is 1. The number of hydrogen-bond acceptors (Lipinski definition) is 5. The van der Waals surface area contributed by atoms with Gasteiger partial charge in [-0.05, 0) is 37.2 Å². The quantitative estimate of drug-likeness (QED) is 0.717. The first-order valence-electron chi connectivity index (χ1n) is 10.3. The average Bonchev–Trinajstić information content (AvgIpc) is 2.93. The first kappa shape index (κ1) is 21.3. The number of rotatable bonds is 8. The zero-order valence-electron chi connectivity index (χ0n) is 17.1. The van der Waals surface area contributed by atoms with Crippen molar-refractivity contribution in [1.82, 2.24) is 9.80 Å². The normalized spacial score (nSPS) is 16.8. The van der Waals surface area contributed by atoms with Gasteiger partial charge in [-0.15, -0.1) is 0 Å². The van der Waals surface area contributed by atoms with E-state index >= 15 is 0 Å². The second-order valence-electron chi connectivity index (χ2n) is 7.56. The topological polar surface area (TPSA) is 65.0 Å². The molecule has 0 saturated carbocycles. The number of ether oxygens (including phenoxy) is 1. The fourth-order valence-electron chi connectivity index (χ4n) is 3.63. The van der Waals surface area contributed by atoms with Gasteiger partial charge in [0.15, 0.2) is 0 Å². The van der Waals surface area contributed by atoms with Crippen molar-refractivity contribution < 1.29 is 14.6 Å². The van der Waals surface area contributed by atoms with Crippen LogP contribution in [-0.2, 0) is 11.3 Å². The second kappa shape index (κ2) is 11.0. The molecular weight excluding hydrogens is 366 g/mol. The average molecular weight is 398 g/mol. The maximum atomic E-state index is 11.3. The first-order chi connectivity index (χ1) is 14.1. The number of aliphatic hydroxyl groups is 1. The molecule has 1 unspecified atom stereocenters. The molecule has 6 heteroatoms. The summed E-state index contributed by atoms with van der Waals surface area (Å²) in [7, 11) is 0. The number of nitrogens with zero attached hydrogens (tertiary/aromatic N) is 2. The summed E-state index contributed by atoms with van der Waals surface area (Å²) in [5, 5.41) is 13.2. The molecular formula is C23H31N3O3. The SMILES string of the molecule is CC(=O)Nc1ccccc1OCC(O)CN1CCCN(Cc2ccccc2)CC1. The Morgan fingerprint density at radius 2 is 1.72 bits per heavy atom. The molecule has 0 bridgehead atoms. The third-order valence-electron chi connectivity index (χ3n) is 5.03. The third kappa shape index (κ3) is 7.16. The summed E-state index contributed by atoms with van der Waals surface area (Å²) >= 11 is 0. The van der Waals surface area contributed by atoms with E-state index in [-0.39, 0.29) is 12.5 Å². The molecule has 156 valence electrons. The highest BCUT2D eigenvalue weighted by molar-refractivity contribution is 5.90. The molecule has 0 aliphatic carbocycles. The molecule has 0 aromatic heterocycles. The van der Waals surface area contributed by atoms with Crippen LogP contribution in [0.2, 0.25) is 0 Å². The van der Waals surface area contributed by atoms with Gasteiger partial charge in [0, 0.05) is 33.1 Å². The molecule has 1 atom stereocenters. The van der Waals surface area contributed by atoms with Crippen LogP contribution >= 0.6 is 0 Å². The van der Waals surface area contributed by atoms with Crippen LogP contribution in [0.1, 0.15) is 18.9 Å². The third-order valence-corrected chi connectivity index (χ3v) is 5.03. The molecule has 1 fully saturated rings. The molecule has 2 N–H and O–H groups in total. The molecule has 0 radical (unpaired) electrons. The Balaban J connectivity index is 1.44. The Bertz CT molecular complexity index is 769. The van der Waals surface area contributed by atoms with Crippen LogP contribution in [0.3, 0.4) is 0 Å². The standard InChI is InChI=1S/C23H31N3O3/c1-19(27)24-22-10-5-6-11-23(22)29-18-21(28)17-26-13-7-12-25(14-15-26)16-20-8-3-2-4-9-20/h2-6,8-11,21,28H,7,12-18H2,1H3,(H,24,27). The lowest BCUT2D eigenvalue weighted by molar-refractivity contribution is -0.114. The van der Waals surface area contributed by atoms with E-state index in [0.29, 0.717) is 18.0 Å². The van der Waals surface area contributed by atoms with E-state index in [1.807, 2.05) is 18.2 Å². The van der Waals surface area contributed by atoms with Crippen molar-refractivity contribution in [2.75, 3.05) is 44.6 Å². The lowest BCUT2D eigenvalue weighted by Crippen LogP contribution is -2.38. The van der Waals surface area contributed by atoms with Gasteiger partial charge in [0.1, 0.15) is 18.5 Å². The van der Waals surface area contributed by atoms with Crippen molar-refractivity contribution in [2.24, 2.45) is 0 Å². The summed E-state index contributed by atoms with van der Waals surface area (Å²) in [6.45, 7) is 7.20. The molecule has 3 rings (SSSR count). The van der Waals surface area contributed by atoms with Crippen LogP contribution in [0.15, 0.2) is 54.6 Å². The number of benzene rings is 2. The Morgan fingerprint density at radius 1 is 1.03 bits per heavy atom. The number of hydrogen-bond donors (Lipinski definition) is 2. The molecule has 1 saturated heterocycles. The molecule has 2 aromatic rings. The predicted octanol–water partition coefficient (Wildman–Crippen LogP) is 2.59. The minimum atomic E-state index is -0.582. The lowest BCUT2D eigenvalue weighted by Gasteiger charge is -2.24. The summed E-state index contributed by atoms with van der Waals surface area (Å²) in [6.07, 6.45) is 0.507. The van der Waals surface area contributed by atoms with Crippen LogP contribution in [-0.4, -0.2) is 66.2 Å². The van der Waals surface area contributed by atoms with Crippen molar-refractivity contribution in [3.63, 3.8) is 0 Å². The van der Waals surface area contributed by atoms with Gasteiger partial charge in [0.25, 0.3) is 0 Å². The van der Waals surface area contributed by atoms with E-state index in [9.17, 15) is 9.90 Å². The van der Waals surface area contributed by atoms with Crippen molar-refractivity contribution in [3.8, 4) is 5.75 Å². The lowest BCUT2D eigenvalue weighted by atomic mass is 10.2. The minimum Gasteiger partial charge on any atom is -0.489 e. The van der Waals surface area contributed by atoms with Crippen molar-refractivity contribution in [1.29, 1.82) is 0 Å². The van der Waals surface area contributed by atoms with Gasteiger partial charge in [-0.3, -0.25) is 14.6 Å². The zero-order valence-corrected chi connectivity index (χ0v) is 17.1. The molecule has 6 nitrogen and oxygen atoms in total. The van der Waals surface area contributed by atoms with E-state index < -0.39 is 6.10 Å². The number of nitrogens with one attached hydrogen (secondary N) is 1. The van der Waals surface area contributed by atoms with E-state index in [1.54, 1.807) is 12.1 Å². The number of aliphatic hydroxyl groups excluding tert-OH is 1. The molecule has 29 heavy (non-hydrogen) atoms. The van der Waals surface area contributed by atoms with Gasteiger partial charge in [-0.1, -0.05) is 42.5 Å². The minimum absolute atomic E-state index is 0.147. The Kier molecular flexibility index (Phi) is 8.04. The first-order valence-corrected chi connectivity index (χ1v) is 10.3. The zero-order chi connectivity index (χ0) is 20.5. The highest BCUT2D eigenvalue weighted by Crippen LogP contribution is 2.23. The number of para-hydroxylation sites is 2. The van der Waals surface area contributed by atoms with Crippen molar-refractivity contribution in [2.45, 2.75) is 26.0 Å². The Labute approximate surface area is 173 Å². The van der Waals surface area contributed by atoms with E-state index in [1.165, 1.54) is 12.5 Å². The van der Waals surface area contributed by atoms with Crippen molar-refractivity contribution in [3.05, 3.63) is 60.2 Å². The molecule has 1 amide bonds. The largest absolute Gasteiger partial charge is 0.489 e. The maximum absolute atomic E-state index is 11.3. The summed E-state index contributed by atoms with van der Waals surface area (Å²) in [5.41, 5.74) is 1.96. The smallest absolute Gasteiger partial charge is 0.221 e. The maximum Gasteiger partial charge on any atom is 0.221 e. The van der Waals surface area contributed by atoms with Crippen LogP contribution in [0.4, 0.5) is 5.69 Å². The molecule has 2 aromatic carbocycles. The van der Waals surface area contributed by atoms with Crippen LogP contribution in [0, 0.1) is 0 Å². The molecule has 1 aliphatic heterocycles. The molecule has 1 aliphatic rings. The van der Waals surface area contributed by atoms with Crippen molar-refractivity contribution >= 4 is 11.6 Å². The summed E-state index contributed by atoms with van der Waals surface area (Å²) in [4.78, 5) is 16.1. The second-order valence-corrected chi connectivity index (χ2v) is 7.56. The number of amides is 1. The predicted molar refractivity (Wildman–Crippen MR) is 115 cm³/mol. The van der Waals surface area contributed by atoms with E-state index in [2.05, 4.69) is 39.4 Å². The number of carbonyl (C=O) groups excluding carboxylic acids is 1. The number of anilines is 1. The molecule has 0 spiro atoms. The van der Waals surface area contributed by atoms with E-state index in [4.69, 9.17) is 4.74 Å². The highest BCUT2D eigenvalue weighted by Gasteiger charge is 2.18. The summed E-state index contributed by atoms with van der Waals surface area (Å²) in [6, 6.07) is 17.8. The van der Waals surface area contributed by atoms with Gasteiger partial charge >= 0.3 is 0 Å². The van der Waals surface area contributed by atoms with Gasteiger partial charge in [0.05, 0.1) is 5.69 Å². The Morgan fingerprint density at radius 3 is 2.52 bits per heavy atom. The van der Waals surface area contributed by atoms with Gasteiger partial charge in [-0.25, -0.2) is 0 Å². The van der Waals surface area contributed by atoms with E-state index in [0.717, 1.165) is 39.1 Å². The van der Waals surface area contributed by atoms with Crippen LogP contribution in [0.25, 0.3) is 0 Å².